The minimum Gasteiger partial charge on any atom is -0.462 e. The molecule has 5 rings (SSSR count). The molecule has 1 N–H and O–H groups in total. The van der Waals surface area contributed by atoms with Crippen molar-refractivity contribution in [1.29, 1.82) is 0 Å². The van der Waals surface area contributed by atoms with Gasteiger partial charge in [0.05, 0.1) is 17.9 Å². The summed E-state index contributed by atoms with van der Waals surface area (Å²) >= 11 is 1.73. The molecule has 0 radical (unpaired) electrons. The van der Waals surface area contributed by atoms with Crippen LogP contribution in [0.4, 0.5) is 5.69 Å². The molecule has 0 heterocycles. The average Bonchev–Trinajstić information content (AvgIpc) is 2.99. The Morgan fingerprint density at radius 1 is 0.641 bits per heavy atom. The molecule has 0 saturated carbocycles. The van der Waals surface area contributed by atoms with Gasteiger partial charge in [0.25, 0.3) is 0 Å². The van der Waals surface area contributed by atoms with E-state index in [9.17, 15) is 4.79 Å². The summed E-state index contributed by atoms with van der Waals surface area (Å²) in [7, 11) is 0. The monoisotopic (exact) mass is 527 g/mol. The maximum atomic E-state index is 13.4. The molecule has 0 bridgehead atoms. The van der Waals surface area contributed by atoms with Gasteiger partial charge in [0, 0.05) is 21.0 Å². The van der Waals surface area contributed by atoms with Gasteiger partial charge in [-0.1, -0.05) is 127 Å². The topological polar surface area (TPSA) is 38.3 Å². The minimum atomic E-state index is -0.368. The predicted octanol–water partition coefficient (Wildman–Crippen LogP) is 9.05. The van der Waals surface area contributed by atoms with Crippen LogP contribution in [0.2, 0.25) is 0 Å². The fourth-order valence-electron chi connectivity index (χ4n) is 4.41. The number of ether oxygens (including phenoxy) is 1. The lowest BCUT2D eigenvalue weighted by Gasteiger charge is -2.20. The molecule has 0 aliphatic carbocycles. The number of carbonyl (C=O) groups is 1. The summed E-state index contributed by atoms with van der Waals surface area (Å²) in [5.41, 5.74) is 5.92. The van der Waals surface area contributed by atoms with E-state index < -0.39 is 0 Å². The van der Waals surface area contributed by atoms with Gasteiger partial charge in [-0.25, -0.2) is 4.79 Å². The Morgan fingerprint density at radius 2 is 1.18 bits per heavy atom. The molecule has 5 aromatic rings. The first-order chi connectivity index (χ1) is 19.2. The summed E-state index contributed by atoms with van der Waals surface area (Å²) in [6, 6.07) is 46.6. The maximum absolute atomic E-state index is 13.4. The first kappa shape index (κ1) is 26.1. The summed E-state index contributed by atoms with van der Waals surface area (Å²) in [5.74, 6) is -0.368. The third-order valence-electron chi connectivity index (χ3n) is 6.19. The number of nitrogens with one attached hydrogen (secondary N) is 1. The Balaban J connectivity index is 1.66. The quantitative estimate of drug-likeness (QED) is 0.118. The Morgan fingerprint density at radius 3 is 1.85 bits per heavy atom. The molecule has 0 aliphatic rings. The molecule has 0 fully saturated rings. The normalized spacial score (nSPS) is 11.4. The van der Waals surface area contributed by atoms with E-state index in [-0.39, 0.29) is 12.6 Å². The molecule has 0 spiro atoms. The van der Waals surface area contributed by atoms with Crippen molar-refractivity contribution in [3.63, 3.8) is 0 Å². The second-order valence-electron chi connectivity index (χ2n) is 8.78. The van der Waals surface area contributed by atoms with Crippen LogP contribution in [0.25, 0.3) is 22.4 Å². The lowest BCUT2D eigenvalue weighted by molar-refractivity contribution is -0.136. The van der Waals surface area contributed by atoms with E-state index in [1.807, 2.05) is 85.8 Å². The summed E-state index contributed by atoms with van der Waals surface area (Å²) in [4.78, 5) is 15.8. The van der Waals surface area contributed by atoms with Gasteiger partial charge in [-0.05, 0) is 47.9 Å². The zero-order valence-electron chi connectivity index (χ0n) is 21.7. The smallest absolute Gasteiger partial charge is 0.340 e. The van der Waals surface area contributed by atoms with Crippen LogP contribution in [0.15, 0.2) is 149 Å². The van der Waals surface area contributed by atoms with Crippen molar-refractivity contribution in [2.24, 2.45) is 0 Å². The second-order valence-corrected chi connectivity index (χ2v) is 9.90. The Kier molecular flexibility index (Phi) is 8.57. The molecule has 0 aliphatic heterocycles. The van der Waals surface area contributed by atoms with E-state index in [0.717, 1.165) is 32.8 Å². The highest BCUT2D eigenvalue weighted by Gasteiger charge is 2.22. The van der Waals surface area contributed by atoms with Crippen LogP contribution < -0.4 is 5.32 Å². The largest absolute Gasteiger partial charge is 0.462 e. The summed E-state index contributed by atoms with van der Waals surface area (Å²) in [6.07, 6.45) is 0. The molecule has 3 nitrogen and oxygen atoms in total. The molecule has 0 saturated heterocycles. The van der Waals surface area contributed by atoms with E-state index >= 15 is 0 Å². The van der Waals surface area contributed by atoms with Gasteiger partial charge in [-0.3, -0.25) is 0 Å². The summed E-state index contributed by atoms with van der Waals surface area (Å²) in [6.45, 7) is 2.12. The van der Waals surface area contributed by atoms with Crippen molar-refractivity contribution in [3.05, 3.63) is 151 Å². The molecular weight excluding hydrogens is 498 g/mol. The van der Waals surface area contributed by atoms with Gasteiger partial charge in [-0.15, -0.1) is 0 Å². The lowest BCUT2D eigenvalue weighted by Crippen LogP contribution is -2.13. The third kappa shape index (κ3) is 6.31. The van der Waals surface area contributed by atoms with Crippen molar-refractivity contribution in [2.45, 2.75) is 16.7 Å². The van der Waals surface area contributed by atoms with Crippen molar-refractivity contribution >= 4 is 34.7 Å². The Labute approximate surface area is 234 Å². The molecule has 192 valence electrons. The first-order valence-electron chi connectivity index (χ1n) is 12.9. The van der Waals surface area contributed by atoms with Gasteiger partial charge in [-0.2, -0.15) is 0 Å². The number of esters is 1. The number of hydrogen-bond donors (Lipinski definition) is 1. The van der Waals surface area contributed by atoms with Crippen LogP contribution in [0.5, 0.6) is 0 Å². The highest BCUT2D eigenvalue weighted by Crippen LogP contribution is 2.40. The highest BCUT2D eigenvalue weighted by molar-refractivity contribution is 7.99. The standard InChI is InChI=1S/C35H29NO2S/c1-2-38-35(37)33(26-16-6-3-7-17-26)34(27-18-8-4-9-19-27)36-31-24-14-12-22-29(31)30-23-13-15-25-32(30)39-28-20-10-5-11-21-28/h3-25,36H,2H2,1H3/b34-33+. The van der Waals surface area contributed by atoms with Crippen molar-refractivity contribution in [2.75, 3.05) is 11.9 Å². The number of carbonyl (C=O) groups excluding carboxylic acids is 1. The van der Waals surface area contributed by atoms with Crippen LogP contribution in [0.1, 0.15) is 18.1 Å². The second kappa shape index (κ2) is 12.8. The number of anilines is 1. The number of rotatable bonds is 9. The van der Waals surface area contributed by atoms with Gasteiger partial charge in [0.2, 0.25) is 0 Å². The van der Waals surface area contributed by atoms with Crippen molar-refractivity contribution < 1.29 is 9.53 Å². The third-order valence-corrected chi connectivity index (χ3v) is 7.27. The molecule has 5 aromatic carbocycles. The van der Waals surface area contributed by atoms with Crippen LogP contribution >= 0.6 is 11.8 Å². The van der Waals surface area contributed by atoms with Crippen LogP contribution in [-0.4, -0.2) is 12.6 Å². The van der Waals surface area contributed by atoms with E-state index in [4.69, 9.17) is 4.74 Å². The molecule has 0 atom stereocenters. The minimum absolute atomic E-state index is 0.290. The summed E-state index contributed by atoms with van der Waals surface area (Å²) < 4.78 is 5.56. The number of hydrogen-bond acceptors (Lipinski definition) is 4. The van der Waals surface area contributed by atoms with Crippen molar-refractivity contribution in [3.8, 4) is 11.1 Å². The van der Waals surface area contributed by atoms with E-state index in [2.05, 4.69) is 66.0 Å². The summed E-state index contributed by atoms with van der Waals surface area (Å²) in [5, 5.41) is 3.66. The van der Waals surface area contributed by atoms with Gasteiger partial charge < -0.3 is 10.1 Å². The van der Waals surface area contributed by atoms with Crippen molar-refractivity contribution in [1.82, 2.24) is 0 Å². The van der Waals surface area contributed by atoms with Crippen LogP contribution in [0.3, 0.4) is 0 Å². The molecule has 0 amide bonds. The maximum Gasteiger partial charge on any atom is 0.340 e. The number of benzene rings is 5. The lowest BCUT2D eigenvalue weighted by atomic mass is 9.97. The Bertz CT molecular complexity index is 1560. The molecule has 0 unspecified atom stereocenters. The molecular formula is C35H29NO2S. The van der Waals surface area contributed by atoms with E-state index in [1.54, 1.807) is 11.8 Å². The molecule has 4 heteroatoms. The predicted molar refractivity (Wildman–Crippen MR) is 162 cm³/mol. The fraction of sp³-hybridized carbons (Fsp3) is 0.0571. The van der Waals surface area contributed by atoms with Gasteiger partial charge in [0.15, 0.2) is 0 Å². The average molecular weight is 528 g/mol. The number of para-hydroxylation sites is 1. The highest BCUT2D eigenvalue weighted by atomic mass is 32.2. The molecule has 0 aromatic heterocycles. The van der Waals surface area contributed by atoms with Crippen LogP contribution in [0, 0.1) is 0 Å². The van der Waals surface area contributed by atoms with Crippen LogP contribution in [-0.2, 0) is 9.53 Å². The Hall–Kier alpha value is -4.54. The SMILES string of the molecule is CCOC(=O)/C(=C(/Nc1ccccc1-c1ccccc1Sc1ccccc1)c1ccccc1)c1ccccc1. The van der Waals surface area contributed by atoms with Gasteiger partial charge >= 0.3 is 5.97 Å². The molecule has 39 heavy (non-hydrogen) atoms. The van der Waals surface area contributed by atoms with E-state index in [0.29, 0.717) is 11.3 Å². The van der Waals surface area contributed by atoms with E-state index in [1.165, 1.54) is 4.90 Å². The fourth-order valence-corrected chi connectivity index (χ4v) is 5.39. The van der Waals surface area contributed by atoms with Gasteiger partial charge in [0.1, 0.15) is 0 Å². The zero-order valence-corrected chi connectivity index (χ0v) is 22.5. The first-order valence-corrected chi connectivity index (χ1v) is 13.8. The zero-order chi connectivity index (χ0) is 26.9.